The normalized spacial score (nSPS) is 12.5. The first-order valence-electron chi connectivity index (χ1n) is 5.74. The molecule has 0 aliphatic rings. The van der Waals surface area contributed by atoms with Gasteiger partial charge in [0.25, 0.3) is 0 Å². The molecule has 0 saturated heterocycles. The van der Waals surface area contributed by atoms with Gasteiger partial charge in [-0.2, -0.15) is 26.3 Å². The highest BCUT2D eigenvalue weighted by atomic mass is 19.4. The molecule has 0 amide bonds. The van der Waals surface area contributed by atoms with E-state index < -0.39 is 34.6 Å². The highest BCUT2D eigenvalue weighted by Gasteiger charge is 2.38. The lowest BCUT2D eigenvalue weighted by Gasteiger charge is -2.18. The second-order valence-corrected chi connectivity index (χ2v) is 4.31. The summed E-state index contributed by atoms with van der Waals surface area (Å²) >= 11 is 0. The van der Waals surface area contributed by atoms with E-state index in [0.717, 1.165) is 30.3 Å². The van der Waals surface area contributed by atoms with E-state index in [4.69, 9.17) is 5.73 Å². The van der Waals surface area contributed by atoms with Gasteiger partial charge in [-0.05, 0) is 23.8 Å². The average molecular weight is 305 g/mol. The molecule has 0 heterocycles. The number of alkyl halides is 6. The zero-order chi connectivity index (χ0) is 15.8. The maximum atomic E-state index is 13.0. The zero-order valence-corrected chi connectivity index (χ0v) is 10.4. The topological polar surface area (TPSA) is 26.0 Å². The summed E-state index contributed by atoms with van der Waals surface area (Å²) in [4.78, 5) is 0. The van der Waals surface area contributed by atoms with Gasteiger partial charge in [0.15, 0.2) is 0 Å². The molecule has 0 radical (unpaired) electrons. The third-order valence-corrected chi connectivity index (χ3v) is 2.90. The Balaban J connectivity index is 2.81. The standard InChI is InChI=1S/C14H9F6N/c15-13(16,17)9-5-2-1-4-8(9)12-10(14(18,19)20)6-3-7-11(12)21/h1-7H,21H2. The maximum Gasteiger partial charge on any atom is 0.417 e. The third kappa shape index (κ3) is 2.96. The van der Waals surface area contributed by atoms with Crippen molar-refractivity contribution in [2.24, 2.45) is 0 Å². The van der Waals surface area contributed by atoms with Crippen LogP contribution in [0, 0.1) is 0 Å². The minimum atomic E-state index is -4.80. The first-order valence-corrected chi connectivity index (χ1v) is 5.74. The van der Waals surface area contributed by atoms with Gasteiger partial charge in [0.2, 0.25) is 0 Å². The van der Waals surface area contributed by atoms with Gasteiger partial charge in [0.1, 0.15) is 0 Å². The highest BCUT2D eigenvalue weighted by molar-refractivity contribution is 5.82. The van der Waals surface area contributed by atoms with Crippen LogP contribution in [0.4, 0.5) is 32.0 Å². The number of anilines is 1. The van der Waals surface area contributed by atoms with Gasteiger partial charge in [-0.1, -0.05) is 24.3 Å². The van der Waals surface area contributed by atoms with E-state index in [-0.39, 0.29) is 5.69 Å². The quantitative estimate of drug-likeness (QED) is 0.584. The lowest BCUT2D eigenvalue weighted by Crippen LogP contribution is -2.12. The van der Waals surface area contributed by atoms with E-state index in [2.05, 4.69) is 0 Å². The Morgan fingerprint density at radius 3 is 1.76 bits per heavy atom. The predicted molar refractivity (Wildman–Crippen MR) is 66.3 cm³/mol. The van der Waals surface area contributed by atoms with Crippen LogP contribution in [-0.2, 0) is 12.4 Å². The molecule has 0 fully saturated rings. The minimum absolute atomic E-state index is 0.360. The summed E-state index contributed by atoms with van der Waals surface area (Å²) in [6.45, 7) is 0. The van der Waals surface area contributed by atoms with Crippen molar-refractivity contribution in [2.45, 2.75) is 12.4 Å². The highest BCUT2D eigenvalue weighted by Crippen LogP contribution is 2.44. The van der Waals surface area contributed by atoms with Crippen LogP contribution in [0.2, 0.25) is 0 Å². The Hall–Kier alpha value is -2.18. The van der Waals surface area contributed by atoms with Gasteiger partial charge in [-0.15, -0.1) is 0 Å². The van der Waals surface area contributed by atoms with Crippen molar-refractivity contribution in [1.29, 1.82) is 0 Å². The van der Waals surface area contributed by atoms with Crippen molar-refractivity contribution >= 4 is 5.69 Å². The molecule has 0 aliphatic carbocycles. The van der Waals surface area contributed by atoms with E-state index in [1.807, 2.05) is 0 Å². The number of halogens is 6. The molecular weight excluding hydrogens is 296 g/mol. The fourth-order valence-electron chi connectivity index (χ4n) is 2.06. The summed E-state index contributed by atoms with van der Waals surface area (Å²) in [7, 11) is 0. The average Bonchev–Trinajstić information content (AvgIpc) is 2.36. The van der Waals surface area contributed by atoms with Crippen molar-refractivity contribution in [3.05, 3.63) is 53.6 Å². The maximum absolute atomic E-state index is 13.0. The molecule has 7 heteroatoms. The monoisotopic (exact) mass is 305 g/mol. The molecule has 2 aromatic rings. The Kier molecular flexibility index (Phi) is 3.61. The van der Waals surface area contributed by atoms with Crippen LogP contribution in [0.5, 0.6) is 0 Å². The lowest BCUT2D eigenvalue weighted by atomic mass is 9.93. The molecule has 112 valence electrons. The molecule has 1 nitrogen and oxygen atoms in total. The van der Waals surface area contributed by atoms with Crippen molar-refractivity contribution in [1.82, 2.24) is 0 Å². The van der Waals surface area contributed by atoms with Crippen LogP contribution in [0.3, 0.4) is 0 Å². The summed E-state index contributed by atoms with van der Waals surface area (Å²) in [6, 6.07) is 6.94. The van der Waals surface area contributed by atoms with Crippen LogP contribution < -0.4 is 5.73 Å². The fourth-order valence-corrected chi connectivity index (χ4v) is 2.06. The van der Waals surface area contributed by atoms with Crippen LogP contribution in [0.25, 0.3) is 11.1 Å². The molecule has 0 spiro atoms. The summed E-state index contributed by atoms with van der Waals surface area (Å²) in [6.07, 6.45) is -9.58. The molecule has 0 aliphatic heterocycles. The molecule has 21 heavy (non-hydrogen) atoms. The molecule has 2 rings (SSSR count). The Morgan fingerprint density at radius 1 is 0.667 bits per heavy atom. The Morgan fingerprint density at radius 2 is 1.19 bits per heavy atom. The number of rotatable bonds is 1. The van der Waals surface area contributed by atoms with Crippen molar-refractivity contribution in [2.75, 3.05) is 5.73 Å². The van der Waals surface area contributed by atoms with Crippen LogP contribution in [0.1, 0.15) is 11.1 Å². The molecule has 0 unspecified atom stereocenters. The largest absolute Gasteiger partial charge is 0.417 e. The van der Waals surface area contributed by atoms with Gasteiger partial charge in [0, 0.05) is 11.3 Å². The summed E-state index contributed by atoms with van der Waals surface area (Å²) in [5, 5.41) is 0. The molecule has 0 saturated carbocycles. The molecule has 0 atom stereocenters. The number of hydrogen-bond donors (Lipinski definition) is 1. The number of nitrogen functional groups attached to an aromatic ring is 1. The predicted octanol–water partition coefficient (Wildman–Crippen LogP) is 4.97. The fraction of sp³-hybridized carbons (Fsp3) is 0.143. The number of nitrogens with two attached hydrogens (primary N) is 1. The molecule has 0 aromatic heterocycles. The lowest BCUT2D eigenvalue weighted by molar-refractivity contribution is -0.139. The molecule has 2 aromatic carbocycles. The summed E-state index contributed by atoms with van der Waals surface area (Å²) < 4.78 is 77.9. The SMILES string of the molecule is Nc1cccc(C(F)(F)F)c1-c1ccccc1C(F)(F)F. The minimum Gasteiger partial charge on any atom is -0.398 e. The zero-order valence-electron chi connectivity index (χ0n) is 10.4. The van der Waals surface area contributed by atoms with Crippen LogP contribution >= 0.6 is 0 Å². The van der Waals surface area contributed by atoms with Gasteiger partial charge in [-0.3, -0.25) is 0 Å². The van der Waals surface area contributed by atoms with Crippen LogP contribution in [0.15, 0.2) is 42.5 Å². The molecule has 2 N–H and O–H groups in total. The summed E-state index contributed by atoms with van der Waals surface area (Å²) in [5.74, 6) is 0. The van der Waals surface area contributed by atoms with E-state index >= 15 is 0 Å². The van der Waals surface area contributed by atoms with Crippen molar-refractivity contribution in [3.8, 4) is 11.1 Å². The van der Waals surface area contributed by atoms with Crippen molar-refractivity contribution in [3.63, 3.8) is 0 Å². The van der Waals surface area contributed by atoms with Gasteiger partial charge in [0.05, 0.1) is 11.1 Å². The molecule has 0 bridgehead atoms. The first-order chi connectivity index (χ1) is 9.62. The summed E-state index contributed by atoms with van der Waals surface area (Å²) in [5.41, 5.74) is 1.54. The number of benzene rings is 2. The van der Waals surface area contributed by atoms with E-state index in [1.54, 1.807) is 0 Å². The first kappa shape index (κ1) is 15.2. The smallest absolute Gasteiger partial charge is 0.398 e. The van der Waals surface area contributed by atoms with Crippen LogP contribution in [-0.4, -0.2) is 0 Å². The second-order valence-electron chi connectivity index (χ2n) is 4.31. The van der Waals surface area contributed by atoms with Gasteiger partial charge in [-0.25, -0.2) is 0 Å². The van der Waals surface area contributed by atoms with E-state index in [1.165, 1.54) is 6.07 Å². The molecular formula is C14H9F6N. The van der Waals surface area contributed by atoms with Crippen molar-refractivity contribution < 1.29 is 26.3 Å². The van der Waals surface area contributed by atoms with E-state index in [0.29, 0.717) is 6.07 Å². The van der Waals surface area contributed by atoms with E-state index in [9.17, 15) is 26.3 Å². The van der Waals surface area contributed by atoms with Gasteiger partial charge < -0.3 is 5.73 Å². The Bertz CT molecular complexity index is 657. The third-order valence-electron chi connectivity index (χ3n) is 2.90. The second kappa shape index (κ2) is 4.98. The van der Waals surface area contributed by atoms with Gasteiger partial charge >= 0.3 is 12.4 Å². The Labute approximate surface area is 116 Å². The number of hydrogen-bond acceptors (Lipinski definition) is 1.